The summed E-state index contributed by atoms with van der Waals surface area (Å²) in [6.07, 6.45) is 4.78. The summed E-state index contributed by atoms with van der Waals surface area (Å²) < 4.78 is 0. The maximum atomic E-state index is 5.95. The molecular formula is C18H23N3. The van der Waals surface area contributed by atoms with Crippen LogP contribution < -0.4 is 10.6 Å². The number of pyridine rings is 1. The van der Waals surface area contributed by atoms with Gasteiger partial charge in [-0.25, -0.2) is 4.98 Å². The third-order valence-corrected chi connectivity index (χ3v) is 4.20. The van der Waals surface area contributed by atoms with Gasteiger partial charge < -0.3 is 10.6 Å². The molecule has 1 aliphatic rings. The van der Waals surface area contributed by atoms with Crippen LogP contribution in [0.3, 0.4) is 0 Å². The Labute approximate surface area is 126 Å². The second kappa shape index (κ2) is 6.27. The topological polar surface area (TPSA) is 42.2 Å². The van der Waals surface area contributed by atoms with Crippen LogP contribution in [0.5, 0.6) is 0 Å². The molecule has 1 aliphatic carbocycles. The molecule has 2 aromatic rings. The first-order valence-electron chi connectivity index (χ1n) is 7.74. The minimum atomic E-state index is 0.550. The standard InChI is InChI=1S/C18H23N3/c1-21(13-14-7-3-2-4-8-14)18-16(12-19)11-15-9-5-6-10-17(15)20-18/h2-4,7-8,11H,5-6,9-10,12-13,19H2,1H3. The van der Waals surface area contributed by atoms with Gasteiger partial charge in [0, 0.05) is 31.4 Å². The maximum absolute atomic E-state index is 5.95. The zero-order valence-electron chi connectivity index (χ0n) is 12.7. The quantitative estimate of drug-likeness (QED) is 0.936. The van der Waals surface area contributed by atoms with Crippen LogP contribution in [0.25, 0.3) is 0 Å². The Hall–Kier alpha value is -1.87. The molecule has 0 saturated carbocycles. The highest BCUT2D eigenvalue weighted by Crippen LogP contribution is 2.26. The Bertz CT molecular complexity index is 607. The second-order valence-electron chi connectivity index (χ2n) is 5.83. The zero-order valence-corrected chi connectivity index (χ0v) is 12.7. The molecule has 0 atom stereocenters. The summed E-state index contributed by atoms with van der Waals surface area (Å²) in [5.74, 6) is 1.04. The Balaban J connectivity index is 1.89. The highest BCUT2D eigenvalue weighted by atomic mass is 15.2. The molecule has 1 aromatic carbocycles. The molecule has 1 aromatic heterocycles. The van der Waals surface area contributed by atoms with Crippen molar-refractivity contribution in [1.82, 2.24) is 4.98 Å². The third-order valence-electron chi connectivity index (χ3n) is 4.20. The number of nitrogens with two attached hydrogens (primary N) is 1. The number of rotatable bonds is 4. The molecule has 0 unspecified atom stereocenters. The van der Waals surface area contributed by atoms with E-state index in [9.17, 15) is 0 Å². The predicted octanol–water partition coefficient (Wildman–Crippen LogP) is 3.06. The molecule has 0 radical (unpaired) electrons. The molecule has 3 heteroatoms. The number of aromatic nitrogens is 1. The van der Waals surface area contributed by atoms with Crippen LogP contribution in [-0.4, -0.2) is 12.0 Å². The lowest BCUT2D eigenvalue weighted by atomic mass is 9.94. The molecular weight excluding hydrogens is 258 g/mol. The van der Waals surface area contributed by atoms with Crippen molar-refractivity contribution in [2.45, 2.75) is 38.8 Å². The van der Waals surface area contributed by atoms with Crippen molar-refractivity contribution in [3.63, 3.8) is 0 Å². The summed E-state index contributed by atoms with van der Waals surface area (Å²) in [5.41, 5.74) is 11.1. The van der Waals surface area contributed by atoms with Gasteiger partial charge in [-0.15, -0.1) is 0 Å². The van der Waals surface area contributed by atoms with Gasteiger partial charge in [-0.05, 0) is 42.9 Å². The van der Waals surface area contributed by atoms with Crippen LogP contribution in [0.15, 0.2) is 36.4 Å². The molecule has 0 amide bonds. The van der Waals surface area contributed by atoms with Crippen molar-refractivity contribution in [2.75, 3.05) is 11.9 Å². The molecule has 1 heterocycles. The number of fused-ring (bicyclic) bond motifs is 1. The summed E-state index contributed by atoms with van der Waals surface area (Å²) in [7, 11) is 2.10. The number of anilines is 1. The average Bonchev–Trinajstić information content (AvgIpc) is 2.54. The zero-order chi connectivity index (χ0) is 14.7. The fourth-order valence-corrected chi connectivity index (χ4v) is 3.08. The van der Waals surface area contributed by atoms with Crippen LogP contribution in [0.4, 0.5) is 5.82 Å². The van der Waals surface area contributed by atoms with E-state index in [2.05, 4.69) is 42.3 Å². The van der Waals surface area contributed by atoms with Gasteiger partial charge >= 0.3 is 0 Å². The first-order valence-corrected chi connectivity index (χ1v) is 7.74. The highest BCUT2D eigenvalue weighted by molar-refractivity contribution is 5.50. The van der Waals surface area contributed by atoms with Gasteiger partial charge in [0.05, 0.1) is 0 Å². The smallest absolute Gasteiger partial charge is 0.133 e. The second-order valence-corrected chi connectivity index (χ2v) is 5.83. The van der Waals surface area contributed by atoms with E-state index in [-0.39, 0.29) is 0 Å². The Kier molecular flexibility index (Phi) is 4.20. The van der Waals surface area contributed by atoms with Gasteiger partial charge in [0.2, 0.25) is 0 Å². The Morgan fingerprint density at radius 2 is 1.90 bits per heavy atom. The van der Waals surface area contributed by atoms with E-state index in [1.54, 1.807) is 0 Å². The van der Waals surface area contributed by atoms with Gasteiger partial charge in [0.15, 0.2) is 0 Å². The van der Waals surface area contributed by atoms with Gasteiger partial charge in [-0.3, -0.25) is 0 Å². The highest BCUT2D eigenvalue weighted by Gasteiger charge is 2.16. The van der Waals surface area contributed by atoms with Crippen molar-refractivity contribution < 1.29 is 0 Å². The van der Waals surface area contributed by atoms with E-state index in [0.717, 1.165) is 30.8 Å². The summed E-state index contributed by atoms with van der Waals surface area (Å²) in [6, 6.07) is 12.8. The summed E-state index contributed by atoms with van der Waals surface area (Å²) in [6.45, 7) is 1.41. The number of hydrogen-bond acceptors (Lipinski definition) is 3. The van der Waals surface area contributed by atoms with Gasteiger partial charge in [-0.1, -0.05) is 30.3 Å². The Morgan fingerprint density at radius 1 is 1.14 bits per heavy atom. The first-order chi connectivity index (χ1) is 10.3. The average molecular weight is 281 g/mol. The van der Waals surface area contributed by atoms with E-state index in [0.29, 0.717) is 6.54 Å². The van der Waals surface area contributed by atoms with Gasteiger partial charge in [-0.2, -0.15) is 0 Å². The SMILES string of the molecule is CN(Cc1ccccc1)c1nc2c(cc1CN)CCCC2. The number of hydrogen-bond donors (Lipinski definition) is 1. The van der Waals surface area contributed by atoms with Crippen LogP contribution in [-0.2, 0) is 25.9 Å². The fourth-order valence-electron chi connectivity index (χ4n) is 3.08. The lowest BCUT2D eigenvalue weighted by Gasteiger charge is -2.24. The van der Waals surface area contributed by atoms with Crippen LogP contribution in [0.2, 0.25) is 0 Å². The van der Waals surface area contributed by atoms with Crippen molar-refractivity contribution in [3.05, 3.63) is 58.8 Å². The Morgan fingerprint density at radius 3 is 2.67 bits per heavy atom. The monoisotopic (exact) mass is 281 g/mol. The summed E-state index contributed by atoms with van der Waals surface area (Å²) in [5, 5.41) is 0. The molecule has 0 bridgehead atoms. The normalized spacial score (nSPS) is 13.8. The lowest BCUT2D eigenvalue weighted by Crippen LogP contribution is -2.22. The predicted molar refractivity (Wildman–Crippen MR) is 87.3 cm³/mol. The van der Waals surface area contributed by atoms with Crippen LogP contribution in [0.1, 0.15) is 35.2 Å². The summed E-state index contributed by atoms with van der Waals surface area (Å²) >= 11 is 0. The van der Waals surface area contributed by atoms with Crippen molar-refractivity contribution >= 4 is 5.82 Å². The van der Waals surface area contributed by atoms with Crippen molar-refractivity contribution in [3.8, 4) is 0 Å². The maximum Gasteiger partial charge on any atom is 0.133 e. The molecule has 3 nitrogen and oxygen atoms in total. The van der Waals surface area contributed by atoms with Crippen molar-refractivity contribution in [1.29, 1.82) is 0 Å². The largest absolute Gasteiger partial charge is 0.355 e. The van der Waals surface area contributed by atoms with Crippen LogP contribution in [0, 0.1) is 0 Å². The van der Waals surface area contributed by atoms with E-state index in [1.807, 2.05) is 6.07 Å². The number of benzene rings is 1. The minimum absolute atomic E-state index is 0.550. The molecule has 110 valence electrons. The molecule has 0 spiro atoms. The molecule has 0 fully saturated rings. The van der Waals surface area contributed by atoms with Crippen LogP contribution >= 0.6 is 0 Å². The third kappa shape index (κ3) is 3.08. The van der Waals surface area contributed by atoms with E-state index < -0.39 is 0 Å². The number of nitrogens with zero attached hydrogens (tertiary/aromatic N) is 2. The minimum Gasteiger partial charge on any atom is -0.355 e. The molecule has 2 N–H and O–H groups in total. The first kappa shape index (κ1) is 14.1. The van der Waals surface area contributed by atoms with Crippen molar-refractivity contribution in [2.24, 2.45) is 5.73 Å². The molecule has 0 aliphatic heterocycles. The van der Waals surface area contributed by atoms with Gasteiger partial charge in [0.1, 0.15) is 5.82 Å². The summed E-state index contributed by atoms with van der Waals surface area (Å²) in [4.78, 5) is 7.14. The fraction of sp³-hybridized carbons (Fsp3) is 0.389. The molecule has 3 rings (SSSR count). The van der Waals surface area contributed by atoms with E-state index in [4.69, 9.17) is 10.7 Å². The molecule has 0 saturated heterocycles. The lowest BCUT2D eigenvalue weighted by molar-refractivity contribution is 0.663. The molecule has 21 heavy (non-hydrogen) atoms. The number of aryl methyl sites for hydroxylation is 2. The van der Waals surface area contributed by atoms with Gasteiger partial charge in [0.25, 0.3) is 0 Å². The van der Waals surface area contributed by atoms with E-state index >= 15 is 0 Å². The van der Waals surface area contributed by atoms with E-state index in [1.165, 1.54) is 29.7 Å².